The third-order valence-corrected chi connectivity index (χ3v) is 2.86. The highest BCUT2D eigenvalue weighted by molar-refractivity contribution is 5.56. The Kier molecular flexibility index (Phi) is 3.02. The predicted octanol–water partition coefficient (Wildman–Crippen LogP) is 2.36. The van der Waals surface area contributed by atoms with Crippen LogP contribution in [-0.2, 0) is 0 Å². The number of nitrogens with two attached hydrogens (primary N) is 1. The molecule has 0 heterocycles. The maximum atomic E-state index is 10.2. The van der Waals surface area contributed by atoms with Gasteiger partial charge in [-0.05, 0) is 30.2 Å². The van der Waals surface area contributed by atoms with Crippen molar-refractivity contribution in [3.05, 3.63) is 59.2 Å². The largest absolute Gasteiger partial charge is 0.508 e. The van der Waals surface area contributed by atoms with Crippen LogP contribution in [0.15, 0.2) is 42.5 Å². The first-order valence-corrected chi connectivity index (χ1v) is 5.41. The molecule has 0 fully saturated rings. The van der Waals surface area contributed by atoms with Gasteiger partial charge in [0.2, 0.25) is 0 Å². The van der Waals surface area contributed by atoms with Crippen LogP contribution in [0.4, 0.5) is 5.69 Å². The molecule has 17 heavy (non-hydrogen) atoms. The molecule has 0 amide bonds. The summed E-state index contributed by atoms with van der Waals surface area (Å²) in [5.41, 5.74) is 8.89. The quantitative estimate of drug-likeness (QED) is 0.692. The first-order valence-electron chi connectivity index (χ1n) is 5.41. The Morgan fingerprint density at radius 3 is 2.35 bits per heavy atom. The van der Waals surface area contributed by atoms with E-state index in [1.54, 1.807) is 30.3 Å². The monoisotopic (exact) mass is 229 g/mol. The second-order valence-electron chi connectivity index (χ2n) is 4.07. The van der Waals surface area contributed by atoms with Gasteiger partial charge in [-0.15, -0.1) is 0 Å². The van der Waals surface area contributed by atoms with Gasteiger partial charge in [-0.2, -0.15) is 0 Å². The SMILES string of the molecule is Cc1cccc(C(O)c2ccc(O)cc2)c1N. The van der Waals surface area contributed by atoms with Gasteiger partial charge in [0, 0.05) is 11.3 Å². The maximum Gasteiger partial charge on any atom is 0.115 e. The lowest BCUT2D eigenvalue weighted by Crippen LogP contribution is -2.04. The van der Waals surface area contributed by atoms with Crippen LogP contribution in [0.3, 0.4) is 0 Å². The zero-order chi connectivity index (χ0) is 12.4. The second-order valence-corrected chi connectivity index (χ2v) is 4.07. The Morgan fingerprint density at radius 1 is 1.06 bits per heavy atom. The van der Waals surface area contributed by atoms with Gasteiger partial charge in [-0.25, -0.2) is 0 Å². The highest BCUT2D eigenvalue weighted by Gasteiger charge is 2.14. The number of benzene rings is 2. The van der Waals surface area contributed by atoms with E-state index in [1.165, 1.54) is 0 Å². The lowest BCUT2D eigenvalue weighted by atomic mass is 9.98. The Labute approximate surface area is 100 Å². The van der Waals surface area contributed by atoms with Crippen molar-refractivity contribution in [1.29, 1.82) is 0 Å². The first kappa shape index (κ1) is 11.5. The van der Waals surface area contributed by atoms with Crippen LogP contribution >= 0.6 is 0 Å². The molecule has 0 radical (unpaired) electrons. The zero-order valence-corrected chi connectivity index (χ0v) is 9.59. The molecule has 0 saturated carbocycles. The molecule has 0 aliphatic rings. The number of para-hydroxylation sites is 1. The number of aromatic hydroxyl groups is 1. The second kappa shape index (κ2) is 4.47. The molecule has 0 aliphatic carbocycles. The Morgan fingerprint density at radius 2 is 1.71 bits per heavy atom. The highest BCUT2D eigenvalue weighted by Crippen LogP contribution is 2.29. The summed E-state index contributed by atoms with van der Waals surface area (Å²) in [5.74, 6) is 0.179. The number of rotatable bonds is 2. The number of phenols is 1. The fourth-order valence-corrected chi connectivity index (χ4v) is 1.78. The third kappa shape index (κ3) is 2.24. The van der Waals surface area contributed by atoms with Crippen LogP contribution in [0, 0.1) is 6.92 Å². The fraction of sp³-hybridized carbons (Fsp3) is 0.143. The highest BCUT2D eigenvalue weighted by atomic mass is 16.3. The molecular formula is C14H15NO2. The minimum absolute atomic E-state index is 0.179. The lowest BCUT2D eigenvalue weighted by Gasteiger charge is -2.15. The number of nitrogen functional groups attached to an aromatic ring is 1. The van der Waals surface area contributed by atoms with Gasteiger partial charge < -0.3 is 15.9 Å². The molecule has 88 valence electrons. The van der Waals surface area contributed by atoms with E-state index in [4.69, 9.17) is 5.73 Å². The molecule has 3 heteroatoms. The topological polar surface area (TPSA) is 66.5 Å². The summed E-state index contributed by atoms with van der Waals surface area (Å²) in [6, 6.07) is 12.0. The van der Waals surface area contributed by atoms with E-state index in [0.717, 1.165) is 5.56 Å². The Hall–Kier alpha value is -2.00. The normalized spacial score (nSPS) is 12.4. The molecule has 2 aromatic carbocycles. The summed E-state index contributed by atoms with van der Waals surface area (Å²) < 4.78 is 0. The Balaban J connectivity index is 2.40. The zero-order valence-electron chi connectivity index (χ0n) is 9.59. The van der Waals surface area contributed by atoms with Crippen molar-refractivity contribution in [3.8, 4) is 5.75 Å². The molecule has 2 aromatic rings. The van der Waals surface area contributed by atoms with E-state index in [1.807, 2.05) is 19.1 Å². The van der Waals surface area contributed by atoms with Crippen molar-refractivity contribution < 1.29 is 10.2 Å². The van der Waals surface area contributed by atoms with Crippen molar-refractivity contribution in [2.45, 2.75) is 13.0 Å². The standard InChI is InChI=1S/C14H15NO2/c1-9-3-2-4-12(13(9)15)14(17)10-5-7-11(16)8-6-10/h2-8,14,16-17H,15H2,1H3. The van der Waals surface area contributed by atoms with Crippen LogP contribution < -0.4 is 5.73 Å². The van der Waals surface area contributed by atoms with Crippen LogP contribution in [-0.4, -0.2) is 10.2 Å². The van der Waals surface area contributed by atoms with E-state index >= 15 is 0 Å². The summed E-state index contributed by atoms with van der Waals surface area (Å²) in [6.07, 6.45) is -0.768. The van der Waals surface area contributed by atoms with Gasteiger partial charge in [0.1, 0.15) is 11.9 Å². The molecule has 3 nitrogen and oxygen atoms in total. The van der Waals surface area contributed by atoms with Crippen molar-refractivity contribution >= 4 is 5.69 Å². The number of phenolic OH excluding ortho intramolecular Hbond substituents is 1. The average molecular weight is 229 g/mol. The summed E-state index contributed by atoms with van der Waals surface area (Å²) in [4.78, 5) is 0. The summed E-state index contributed by atoms with van der Waals surface area (Å²) in [7, 11) is 0. The number of anilines is 1. The molecule has 0 saturated heterocycles. The van der Waals surface area contributed by atoms with Gasteiger partial charge in [0.05, 0.1) is 0 Å². The van der Waals surface area contributed by atoms with Crippen molar-refractivity contribution in [2.24, 2.45) is 0 Å². The van der Waals surface area contributed by atoms with Crippen molar-refractivity contribution in [2.75, 3.05) is 5.73 Å². The van der Waals surface area contributed by atoms with E-state index in [0.29, 0.717) is 16.8 Å². The summed E-state index contributed by atoms with van der Waals surface area (Å²) >= 11 is 0. The van der Waals surface area contributed by atoms with E-state index in [-0.39, 0.29) is 5.75 Å². The minimum Gasteiger partial charge on any atom is -0.508 e. The van der Waals surface area contributed by atoms with Crippen LogP contribution in [0.5, 0.6) is 5.75 Å². The van der Waals surface area contributed by atoms with E-state index in [9.17, 15) is 10.2 Å². The Bertz CT molecular complexity index is 520. The van der Waals surface area contributed by atoms with Crippen LogP contribution in [0.25, 0.3) is 0 Å². The smallest absolute Gasteiger partial charge is 0.115 e. The van der Waals surface area contributed by atoms with Crippen LogP contribution in [0.2, 0.25) is 0 Å². The number of hydrogen-bond acceptors (Lipinski definition) is 3. The van der Waals surface area contributed by atoms with Crippen molar-refractivity contribution in [3.63, 3.8) is 0 Å². The van der Waals surface area contributed by atoms with Crippen molar-refractivity contribution in [1.82, 2.24) is 0 Å². The molecule has 0 bridgehead atoms. The predicted molar refractivity (Wildman–Crippen MR) is 67.8 cm³/mol. The molecular weight excluding hydrogens is 214 g/mol. The van der Waals surface area contributed by atoms with Gasteiger partial charge >= 0.3 is 0 Å². The molecule has 1 atom stereocenters. The molecule has 0 aliphatic heterocycles. The minimum atomic E-state index is -0.768. The lowest BCUT2D eigenvalue weighted by molar-refractivity contribution is 0.221. The van der Waals surface area contributed by atoms with Gasteiger partial charge in [-0.1, -0.05) is 30.3 Å². The number of aryl methyl sites for hydroxylation is 1. The van der Waals surface area contributed by atoms with Crippen LogP contribution in [0.1, 0.15) is 22.8 Å². The fourth-order valence-electron chi connectivity index (χ4n) is 1.78. The molecule has 0 spiro atoms. The summed E-state index contributed by atoms with van der Waals surface area (Å²) in [6.45, 7) is 1.91. The third-order valence-electron chi connectivity index (χ3n) is 2.86. The number of hydrogen-bond donors (Lipinski definition) is 3. The number of aliphatic hydroxyl groups is 1. The molecule has 0 aromatic heterocycles. The molecule has 2 rings (SSSR count). The van der Waals surface area contributed by atoms with Gasteiger partial charge in [-0.3, -0.25) is 0 Å². The van der Waals surface area contributed by atoms with Gasteiger partial charge in [0.15, 0.2) is 0 Å². The molecule has 4 N–H and O–H groups in total. The summed E-state index contributed by atoms with van der Waals surface area (Å²) in [5, 5.41) is 19.4. The molecule has 1 unspecified atom stereocenters. The van der Waals surface area contributed by atoms with E-state index < -0.39 is 6.10 Å². The maximum absolute atomic E-state index is 10.2. The van der Waals surface area contributed by atoms with Gasteiger partial charge in [0.25, 0.3) is 0 Å². The number of aliphatic hydroxyl groups excluding tert-OH is 1. The first-order chi connectivity index (χ1) is 8.09. The van der Waals surface area contributed by atoms with E-state index in [2.05, 4.69) is 0 Å². The average Bonchev–Trinajstić information content (AvgIpc) is 2.33.